The molecule has 1 heterocycles. The summed E-state index contributed by atoms with van der Waals surface area (Å²) in [6.07, 6.45) is 6.92. The van der Waals surface area contributed by atoms with E-state index in [4.69, 9.17) is 0 Å². The Morgan fingerprint density at radius 1 is 1.19 bits per heavy atom. The fourth-order valence-corrected chi connectivity index (χ4v) is 3.78. The lowest BCUT2D eigenvalue weighted by Gasteiger charge is -2.32. The van der Waals surface area contributed by atoms with Crippen LogP contribution in [0.25, 0.3) is 0 Å². The average molecular weight is 371 g/mol. The molecule has 0 atom stereocenters. The summed E-state index contributed by atoms with van der Waals surface area (Å²) < 4.78 is 0. The molecule has 0 aliphatic carbocycles. The van der Waals surface area contributed by atoms with Crippen LogP contribution in [0.1, 0.15) is 57.1 Å². The molecule has 1 aliphatic rings. The average Bonchev–Trinajstić information content (AvgIpc) is 2.64. The number of likely N-dealkylation sites (tertiary alicyclic amines) is 1. The van der Waals surface area contributed by atoms with E-state index in [1.54, 1.807) is 0 Å². The zero-order chi connectivity index (χ0) is 19.6. The van der Waals surface area contributed by atoms with Crippen molar-refractivity contribution in [3.8, 4) is 0 Å². The number of hydrogen-bond donors (Lipinski definition) is 1. The zero-order valence-corrected chi connectivity index (χ0v) is 16.9. The molecule has 0 saturated carbocycles. The molecule has 4 nitrogen and oxygen atoms in total. The van der Waals surface area contributed by atoms with Crippen LogP contribution in [0.4, 0.5) is 0 Å². The maximum atomic E-state index is 11.6. The first-order valence-corrected chi connectivity index (χ1v) is 10.2. The molecule has 148 valence electrons. The fraction of sp³-hybridized carbons (Fsp3) is 0.565. The fourth-order valence-electron chi connectivity index (χ4n) is 3.78. The number of nitrogens with one attached hydrogen (secondary N) is 1. The molecule has 2 rings (SSSR count). The number of carbonyl (C=O) groups excluding carboxylic acids is 2. The van der Waals surface area contributed by atoms with Crippen LogP contribution in [0.3, 0.4) is 0 Å². The van der Waals surface area contributed by atoms with Crippen LogP contribution >= 0.6 is 0 Å². The first kappa shape index (κ1) is 21.4. The molecule has 0 radical (unpaired) electrons. The van der Waals surface area contributed by atoms with E-state index < -0.39 is 5.91 Å². The molecule has 0 unspecified atom stereocenters. The highest BCUT2D eigenvalue weighted by Crippen LogP contribution is 2.24. The van der Waals surface area contributed by atoms with Crippen LogP contribution in [0.5, 0.6) is 0 Å². The van der Waals surface area contributed by atoms with Crippen LogP contribution in [0, 0.1) is 11.8 Å². The van der Waals surface area contributed by atoms with Gasteiger partial charge < -0.3 is 5.32 Å². The van der Waals surface area contributed by atoms with Crippen molar-refractivity contribution >= 4 is 11.7 Å². The number of carbonyl (C=O) groups is 2. The Labute approximate surface area is 164 Å². The van der Waals surface area contributed by atoms with Crippen molar-refractivity contribution in [1.29, 1.82) is 0 Å². The summed E-state index contributed by atoms with van der Waals surface area (Å²) in [6, 6.07) is 9.07. The van der Waals surface area contributed by atoms with Crippen molar-refractivity contribution in [2.75, 3.05) is 13.1 Å². The van der Waals surface area contributed by atoms with Crippen LogP contribution in [0.2, 0.25) is 0 Å². The lowest BCUT2D eigenvalue weighted by atomic mass is 9.91. The molecule has 1 fully saturated rings. The normalized spacial score (nSPS) is 15.7. The molecule has 27 heavy (non-hydrogen) atoms. The molecule has 0 bridgehead atoms. The molecule has 1 aromatic rings. The quantitative estimate of drug-likeness (QED) is 0.631. The summed E-state index contributed by atoms with van der Waals surface area (Å²) in [5, 5.41) is 2.34. The van der Waals surface area contributed by atoms with Crippen LogP contribution in [-0.2, 0) is 22.6 Å². The van der Waals surface area contributed by atoms with Gasteiger partial charge in [-0.25, -0.2) is 0 Å². The second kappa shape index (κ2) is 11.0. The lowest BCUT2D eigenvalue weighted by molar-refractivity contribution is -0.137. The van der Waals surface area contributed by atoms with E-state index in [-0.39, 0.29) is 5.78 Å². The number of benzene rings is 1. The molecule has 1 aromatic carbocycles. The van der Waals surface area contributed by atoms with Gasteiger partial charge in [0.2, 0.25) is 5.78 Å². The van der Waals surface area contributed by atoms with E-state index in [1.807, 2.05) is 0 Å². The van der Waals surface area contributed by atoms with Crippen molar-refractivity contribution in [3.63, 3.8) is 0 Å². The first-order chi connectivity index (χ1) is 13.0. The Hall–Kier alpha value is -1.94. The van der Waals surface area contributed by atoms with Crippen LogP contribution < -0.4 is 5.32 Å². The van der Waals surface area contributed by atoms with Gasteiger partial charge >= 0.3 is 0 Å². The Morgan fingerprint density at radius 3 is 2.41 bits per heavy atom. The first-order valence-electron chi connectivity index (χ1n) is 10.2. The molecule has 0 spiro atoms. The largest absolute Gasteiger partial charge is 0.327 e. The predicted octanol–water partition coefficient (Wildman–Crippen LogP) is 4.10. The number of Topliss-reactive ketones (excluding diaryl/α,β-unsaturated/α-hetero) is 1. The van der Waals surface area contributed by atoms with Crippen molar-refractivity contribution in [2.45, 2.75) is 58.9 Å². The van der Waals surface area contributed by atoms with E-state index in [0.29, 0.717) is 18.3 Å². The minimum Gasteiger partial charge on any atom is -0.327 e. The summed E-state index contributed by atoms with van der Waals surface area (Å²) in [5.41, 5.74) is 2.81. The third-order valence-corrected chi connectivity index (χ3v) is 5.28. The SMILES string of the molecule is C=CNC(=O)C(=O)CCCC1CCN(Cc2ccc(CC(C)C)cc2)CC1. The summed E-state index contributed by atoms with van der Waals surface area (Å²) in [7, 11) is 0. The van der Waals surface area contributed by atoms with E-state index in [1.165, 1.54) is 30.2 Å². The van der Waals surface area contributed by atoms with Crippen molar-refractivity contribution in [1.82, 2.24) is 10.2 Å². The number of nitrogens with zero attached hydrogens (tertiary/aromatic N) is 1. The number of amides is 1. The highest BCUT2D eigenvalue weighted by Gasteiger charge is 2.20. The maximum Gasteiger partial charge on any atom is 0.291 e. The standard InChI is InChI=1S/C23H34N2O2/c1-4-24-23(27)22(26)7-5-6-19-12-14-25(15-13-19)17-21-10-8-20(9-11-21)16-18(2)3/h4,8-11,18-19H,1,5-7,12-17H2,2-3H3,(H,24,27). The van der Waals surface area contributed by atoms with Crippen molar-refractivity contribution in [3.05, 3.63) is 48.2 Å². The molecule has 1 N–H and O–H groups in total. The maximum absolute atomic E-state index is 11.6. The monoisotopic (exact) mass is 370 g/mol. The number of rotatable bonds is 10. The van der Waals surface area contributed by atoms with Gasteiger partial charge in [0.05, 0.1) is 0 Å². The van der Waals surface area contributed by atoms with Gasteiger partial charge in [-0.15, -0.1) is 0 Å². The Morgan fingerprint density at radius 2 is 1.81 bits per heavy atom. The molecular formula is C23H34N2O2. The van der Waals surface area contributed by atoms with Gasteiger partial charge in [-0.05, 0) is 74.4 Å². The molecule has 1 aliphatic heterocycles. The third-order valence-electron chi connectivity index (χ3n) is 5.28. The molecule has 0 aromatic heterocycles. The van der Waals surface area contributed by atoms with Gasteiger partial charge in [-0.3, -0.25) is 14.5 Å². The highest BCUT2D eigenvalue weighted by atomic mass is 16.2. The minimum atomic E-state index is -0.542. The zero-order valence-electron chi connectivity index (χ0n) is 16.9. The second-order valence-electron chi connectivity index (χ2n) is 8.13. The van der Waals surface area contributed by atoms with Crippen LogP contribution in [-0.4, -0.2) is 29.7 Å². The van der Waals surface area contributed by atoms with E-state index in [2.05, 4.69) is 54.9 Å². The number of hydrogen-bond acceptors (Lipinski definition) is 3. The van der Waals surface area contributed by atoms with E-state index >= 15 is 0 Å². The van der Waals surface area contributed by atoms with Gasteiger partial charge in [0, 0.05) is 13.0 Å². The second-order valence-corrected chi connectivity index (χ2v) is 8.13. The third kappa shape index (κ3) is 7.67. The number of piperidine rings is 1. The van der Waals surface area contributed by atoms with Crippen molar-refractivity contribution < 1.29 is 9.59 Å². The summed E-state index contributed by atoms with van der Waals surface area (Å²) in [4.78, 5) is 25.5. The summed E-state index contributed by atoms with van der Waals surface area (Å²) >= 11 is 0. The summed E-state index contributed by atoms with van der Waals surface area (Å²) in [5.74, 6) is 0.485. The minimum absolute atomic E-state index is 0.336. The Bertz CT molecular complexity index is 614. The molecule has 1 amide bonds. The smallest absolute Gasteiger partial charge is 0.291 e. The van der Waals surface area contributed by atoms with Gasteiger partial charge in [-0.1, -0.05) is 44.7 Å². The Balaban J connectivity index is 1.65. The predicted molar refractivity (Wildman–Crippen MR) is 110 cm³/mol. The van der Waals surface area contributed by atoms with Gasteiger partial charge in [0.25, 0.3) is 5.91 Å². The highest BCUT2D eigenvalue weighted by molar-refractivity contribution is 6.36. The molecule has 4 heteroatoms. The van der Waals surface area contributed by atoms with E-state index in [0.717, 1.165) is 38.9 Å². The van der Waals surface area contributed by atoms with Gasteiger partial charge in [0.1, 0.15) is 0 Å². The van der Waals surface area contributed by atoms with E-state index in [9.17, 15) is 9.59 Å². The Kier molecular flexibility index (Phi) is 8.73. The lowest BCUT2D eigenvalue weighted by Crippen LogP contribution is -2.33. The van der Waals surface area contributed by atoms with Gasteiger partial charge in [-0.2, -0.15) is 0 Å². The van der Waals surface area contributed by atoms with Gasteiger partial charge in [0.15, 0.2) is 0 Å². The topological polar surface area (TPSA) is 49.4 Å². The molecular weight excluding hydrogens is 336 g/mol. The number of ketones is 1. The molecule has 1 saturated heterocycles. The summed E-state index contributed by atoms with van der Waals surface area (Å²) in [6.45, 7) is 11.2. The van der Waals surface area contributed by atoms with Crippen LogP contribution in [0.15, 0.2) is 37.0 Å². The van der Waals surface area contributed by atoms with Crippen molar-refractivity contribution in [2.24, 2.45) is 11.8 Å².